The van der Waals surface area contributed by atoms with Crippen LogP contribution in [0, 0.1) is 0 Å². The van der Waals surface area contributed by atoms with Gasteiger partial charge in [-0.05, 0) is 125 Å². The van der Waals surface area contributed by atoms with Crippen molar-refractivity contribution in [1.82, 2.24) is 21.3 Å². The molecule has 0 saturated heterocycles. The Bertz CT molecular complexity index is 825. The Morgan fingerprint density at radius 2 is 1.11 bits per heavy atom. The van der Waals surface area contributed by atoms with E-state index in [0.29, 0.717) is 6.79 Å². The normalized spacial score (nSPS) is 12.4. The van der Waals surface area contributed by atoms with Crippen LogP contribution in [0.25, 0.3) is 11.1 Å². The van der Waals surface area contributed by atoms with E-state index in [9.17, 15) is 0 Å². The Labute approximate surface area is 210 Å². The lowest BCUT2D eigenvalue weighted by molar-refractivity contribution is 0.174. The van der Waals surface area contributed by atoms with Crippen LogP contribution in [0.4, 0.5) is 0 Å². The summed E-state index contributed by atoms with van der Waals surface area (Å²) in [7, 11) is 0. The minimum atomic E-state index is 0.292. The summed E-state index contributed by atoms with van der Waals surface area (Å²) in [6.07, 6.45) is 4.25. The molecule has 0 spiro atoms. The van der Waals surface area contributed by atoms with Gasteiger partial charge in [-0.1, -0.05) is 12.1 Å². The van der Waals surface area contributed by atoms with Crippen LogP contribution in [-0.2, 0) is 13.1 Å². The molecule has 0 atom stereocenters. The van der Waals surface area contributed by atoms with Gasteiger partial charge in [0.1, 0.15) is 0 Å². The molecule has 0 aliphatic carbocycles. The Balaban J connectivity index is 1.54. The van der Waals surface area contributed by atoms with Crippen LogP contribution in [0.2, 0.25) is 0 Å². The van der Waals surface area contributed by atoms with Crippen molar-refractivity contribution < 1.29 is 9.47 Å². The third-order valence-electron chi connectivity index (χ3n) is 5.95. The number of hydrogen-bond donors (Lipinski definition) is 6. The van der Waals surface area contributed by atoms with E-state index < -0.39 is 0 Å². The van der Waals surface area contributed by atoms with Gasteiger partial charge >= 0.3 is 0 Å². The average molecular weight is 485 g/mol. The number of hydrogen-bond acceptors (Lipinski definition) is 8. The highest BCUT2D eigenvalue weighted by molar-refractivity contribution is 5.69. The molecule has 35 heavy (non-hydrogen) atoms. The molecule has 0 unspecified atom stereocenters. The molecule has 1 aliphatic rings. The van der Waals surface area contributed by atoms with Gasteiger partial charge in [-0.2, -0.15) is 0 Å². The van der Waals surface area contributed by atoms with Crippen molar-refractivity contribution >= 4 is 0 Å². The Morgan fingerprint density at radius 3 is 1.71 bits per heavy atom. The standard InChI is InChI=1S/C27H44N6O2/c28-7-1-9-30-11-3-13-32-19-22-15-23(20-33-14-4-12-31-10-2-8-29)17-25(16-22)24-5-6-26-27(18-24)35-21-34-26/h5-6,15-18,30-33H,1-4,7-14,19-21,28-29H2. The van der Waals surface area contributed by atoms with Gasteiger partial charge < -0.3 is 42.2 Å². The molecule has 1 aliphatic heterocycles. The molecule has 3 rings (SSSR count). The van der Waals surface area contributed by atoms with E-state index >= 15 is 0 Å². The van der Waals surface area contributed by atoms with Crippen molar-refractivity contribution in [3.8, 4) is 22.6 Å². The van der Waals surface area contributed by atoms with Crippen LogP contribution >= 0.6 is 0 Å². The average Bonchev–Trinajstić information content (AvgIpc) is 3.35. The second kappa shape index (κ2) is 16.5. The van der Waals surface area contributed by atoms with Gasteiger partial charge in [0.2, 0.25) is 6.79 Å². The lowest BCUT2D eigenvalue weighted by atomic mass is 9.99. The van der Waals surface area contributed by atoms with E-state index in [2.05, 4.69) is 51.6 Å². The van der Waals surface area contributed by atoms with Crippen molar-refractivity contribution in [2.24, 2.45) is 11.5 Å². The largest absolute Gasteiger partial charge is 0.454 e. The molecule has 0 aromatic heterocycles. The number of nitrogens with two attached hydrogens (primary N) is 2. The first-order valence-electron chi connectivity index (χ1n) is 13.1. The fourth-order valence-corrected chi connectivity index (χ4v) is 4.06. The second-order valence-electron chi connectivity index (χ2n) is 8.95. The molecular formula is C27H44N6O2. The summed E-state index contributed by atoms with van der Waals surface area (Å²) < 4.78 is 11.1. The topological polar surface area (TPSA) is 119 Å². The van der Waals surface area contributed by atoms with Crippen molar-refractivity contribution in [3.05, 3.63) is 47.5 Å². The van der Waals surface area contributed by atoms with E-state index in [1.807, 2.05) is 6.07 Å². The monoisotopic (exact) mass is 484 g/mol. The van der Waals surface area contributed by atoms with E-state index in [1.54, 1.807) is 0 Å². The molecule has 2 aromatic rings. The molecule has 0 radical (unpaired) electrons. The maximum Gasteiger partial charge on any atom is 0.231 e. The van der Waals surface area contributed by atoms with Crippen LogP contribution in [-0.4, -0.2) is 59.2 Å². The van der Waals surface area contributed by atoms with Crippen LogP contribution < -0.4 is 42.2 Å². The van der Waals surface area contributed by atoms with Crippen molar-refractivity contribution in [2.75, 3.05) is 59.2 Å². The van der Waals surface area contributed by atoms with Gasteiger partial charge in [-0.3, -0.25) is 0 Å². The molecule has 8 heteroatoms. The fourth-order valence-electron chi connectivity index (χ4n) is 4.06. The number of benzene rings is 2. The molecule has 0 bridgehead atoms. The highest BCUT2D eigenvalue weighted by Crippen LogP contribution is 2.36. The SMILES string of the molecule is NCCCNCCCNCc1cc(CNCCCNCCCN)cc(-c2ccc3c(c2)OCO3)c1. The van der Waals surface area contributed by atoms with E-state index in [0.717, 1.165) is 108 Å². The van der Waals surface area contributed by atoms with Gasteiger partial charge in [0.05, 0.1) is 0 Å². The molecule has 8 N–H and O–H groups in total. The van der Waals surface area contributed by atoms with Crippen LogP contribution in [0.1, 0.15) is 36.8 Å². The summed E-state index contributed by atoms with van der Waals surface area (Å²) >= 11 is 0. The van der Waals surface area contributed by atoms with E-state index in [1.165, 1.54) is 16.7 Å². The zero-order chi connectivity index (χ0) is 24.6. The minimum Gasteiger partial charge on any atom is -0.454 e. The molecule has 2 aromatic carbocycles. The summed E-state index contributed by atoms with van der Waals surface area (Å²) in [5.41, 5.74) is 16.0. The zero-order valence-corrected chi connectivity index (χ0v) is 21.0. The molecule has 0 amide bonds. The van der Waals surface area contributed by atoms with Gasteiger partial charge in [0.15, 0.2) is 11.5 Å². The van der Waals surface area contributed by atoms with Crippen LogP contribution in [0.3, 0.4) is 0 Å². The third-order valence-corrected chi connectivity index (χ3v) is 5.95. The van der Waals surface area contributed by atoms with Crippen molar-refractivity contribution in [1.29, 1.82) is 0 Å². The van der Waals surface area contributed by atoms with Crippen LogP contribution in [0.15, 0.2) is 36.4 Å². The first-order chi connectivity index (χ1) is 17.3. The fraction of sp³-hybridized carbons (Fsp3) is 0.556. The van der Waals surface area contributed by atoms with Crippen LogP contribution in [0.5, 0.6) is 11.5 Å². The molecular weight excluding hydrogens is 440 g/mol. The second-order valence-corrected chi connectivity index (χ2v) is 8.95. The van der Waals surface area contributed by atoms with Gasteiger partial charge in [-0.15, -0.1) is 0 Å². The van der Waals surface area contributed by atoms with Crippen molar-refractivity contribution in [2.45, 2.75) is 38.8 Å². The smallest absolute Gasteiger partial charge is 0.231 e. The summed E-state index contributed by atoms with van der Waals surface area (Å²) in [6, 6.07) is 13.0. The quantitative estimate of drug-likeness (QED) is 0.167. The zero-order valence-electron chi connectivity index (χ0n) is 21.0. The summed E-state index contributed by atoms with van der Waals surface area (Å²) in [5, 5.41) is 14.1. The summed E-state index contributed by atoms with van der Waals surface area (Å²) in [5.74, 6) is 1.63. The lowest BCUT2D eigenvalue weighted by Gasteiger charge is -2.13. The molecule has 0 fully saturated rings. The predicted molar refractivity (Wildman–Crippen MR) is 144 cm³/mol. The Kier molecular flexibility index (Phi) is 12.9. The number of fused-ring (bicyclic) bond motifs is 1. The number of ether oxygens (including phenoxy) is 2. The van der Waals surface area contributed by atoms with Gasteiger partial charge in [-0.25, -0.2) is 0 Å². The summed E-state index contributed by atoms with van der Waals surface area (Å²) in [4.78, 5) is 0. The third kappa shape index (κ3) is 10.1. The van der Waals surface area contributed by atoms with Gasteiger partial charge in [0.25, 0.3) is 0 Å². The molecule has 0 saturated carbocycles. The maximum atomic E-state index is 5.60. The van der Waals surface area contributed by atoms with E-state index in [4.69, 9.17) is 20.9 Å². The predicted octanol–water partition coefficient (Wildman–Crippen LogP) is 1.92. The Hall–Kier alpha value is -2.20. The van der Waals surface area contributed by atoms with E-state index in [-0.39, 0.29) is 0 Å². The highest BCUT2D eigenvalue weighted by Gasteiger charge is 2.14. The lowest BCUT2D eigenvalue weighted by Crippen LogP contribution is -2.24. The number of nitrogens with one attached hydrogen (secondary N) is 4. The van der Waals surface area contributed by atoms with Crippen molar-refractivity contribution in [3.63, 3.8) is 0 Å². The summed E-state index contributed by atoms with van der Waals surface area (Å²) in [6.45, 7) is 9.45. The molecule has 1 heterocycles. The first-order valence-corrected chi connectivity index (χ1v) is 13.1. The highest BCUT2D eigenvalue weighted by atomic mass is 16.7. The Morgan fingerprint density at radius 1 is 0.571 bits per heavy atom. The minimum absolute atomic E-state index is 0.292. The molecule has 8 nitrogen and oxygen atoms in total. The molecule has 194 valence electrons. The maximum absolute atomic E-state index is 5.60. The number of rotatable bonds is 19. The van der Waals surface area contributed by atoms with Gasteiger partial charge in [0, 0.05) is 13.1 Å². The first kappa shape index (κ1) is 27.4.